The smallest absolute Gasteiger partial charge is 0.261 e. The minimum atomic E-state index is -0.325. The molecule has 2 heterocycles. The van der Waals surface area contributed by atoms with Crippen molar-refractivity contribution in [1.29, 1.82) is 0 Å². The number of hydrogen-bond acceptors (Lipinski definition) is 7. The molecule has 0 radical (unpaired) electrons. The van der Waals surface area contributed by atoms with Gasteiger partial charge in [-0.3, -0.25) is 23.9 Å². The summed E-state index contributed by atoms with van der Waals surface area (Å²) < 4.78 is 1.85. The van der Waals surface area contributed by atoms with E-state index in [1.54, 1.807) is 12.1 Å². The highest BCUT2D eigenvalue weighted by Crippen LogP contribution is 2.30. The van der Waals surface area contributed by atoms with E-state index in [4.69, 9.17) is 5.11 Å². The number of para-hydroxylation sites is 1. The summed E-state index contributed by atoms with van der Waals surface area (Å²) in [6.45, 7) is 0.558. The van der Waals surface area contributed by atoms with Crippen LogP contribution in [0.3, 0.4) is 0 Å². The number of nitrogens with zero attached hydrogens (tertiary/aromatic N) is 4. The van der Waals surface area contributed by atoms with Gasteiger partial charge in [-0.25, -0.2) is 0 Å². The summed E-state index contributed by atoms with van der Waals surface area (Å²) in [6, 6.07) is 20.4. The number of aliphatic hydroxyl groups is 1. The summed E-state index contributed by atoms with van der Waals surface area (Å²) in [5.74, 6) is -0.101. The summed E-state index contributed by atoms with van der Waals surface area (Å²) in [5, 5.41) is 22.4. The number of carbonyl (C=O) groups excluding carboxylic acids is 3. The molecule has 9 nitrogen and oxygen atoms in total. The van der Waals surface area contributed by atoms with Gasteiger partial charge in [0.25, 0.3) is 11.8 Å². The average Bonchev–Trinajstić information content (AvgIpc) is 3.33. The summed E-state index contributed by atoms with van der Waals surface area (Å²) in [7, 11) is 0. The predicted molar refractivity (Wildman–Crippen MR) is 140 cm³/mol. The fourth-order valence-electron chi connectivity index (χ4n) is 4.38. The highest BCUT2D eigenvalue weighted by molar-refractivity contribution is 7.99. The van der Waals surface area contributed by atoms with Gasteiger partial charge >= 0.3 is 0 Å². The Hall–Kier alpha value is -4.02. The zero-order valence-corrected chi connectivity index (χ0v) is 20.8. The highest BCUT2D eigenvalue weighted by Gasteiger charge is 2.32. The molecular formula is C27H25N5O4S. The third-order valence-electron chi connectivity index (χ3n) is 6.12. The molecule has 5 rings (SSSR count). The Morgan fingerprint density at radius 3 is 2.30 bits per heavy atom. The number of carbonyl (C=O) groups is 3. The van der Waals surface area contributed by atoms with E-state index in [0.717, 1.165) is 11.1 Å². The molecule has 0 atom stereocenters. The van der Waals surface area contributed by atoms with Crippen LogP contribution in [-0.2, 0) is 11.2 Å². The van der Waals surface area contributed by atoms with Crippen molar-refractivity contribution in [2.45, 2.75) is 18.0 Å². The van der Waals surface area contributed by atoms with Crippen molar-refractivity contribution in [3.05, 3.63) is 83.7 Å². The van der Waals surface area contributed by atoms with Crippen LogP contribution in [0.15, 0.2) is 71.9 Å². The van der Waals surface area contributed by atoms with Crippen LogP contribution in [0.1, 0.15) is 33.0 Å². The minimum Gasteiger partial charge on any atom is -0.396 e. The van der Waals surface area contributed by atoms with Gasteiger partial charge in [0.2, 0.25) is 5.91 Å². The minimum absolute atomic E-state index is 0.0157. The SMILES string of the molecule is O=C(CSc1nnc(CCN2C(=O)c3cccc4cccc(c34)C2=O)n1-c1ccccc1)NCCCO. The Balaban J connectivity index is 1.37. The third kappa shape index (κ3) is 4.98. The van der Waals surface area contributed by atoms with Crippen LogP contribution in [0, 0.1) is 0 Å². The third-order valence-corrected chi connectivity index (χ3v) is 7.05. The molecular weight excluding hydrogens is 490 g/mol. The number of imide groups is 1. The van der Waals surface area contributed by atoms with E-state index >= 15 is 0 Å². The first-order valence-corrected chi connectivity index (χ1v) is 12.9. The molecule has 0 bridgehead atoms. The number of benzene rings is 3. The van der Waals surface area contributed by atoms with Crippen LogP contribution in [0.2, 0.25) is 0 Å². The van der Waals surface area contributed by atoms with E-state index in [2.05, 4.69) is 15.5 Å². The van der Waals surface area contributed by atoms with Gasteiger partial charge < -0.3 is 10.4 Å². The van der Waals surface area contributed by atoms with Crippen molar-refractivity contribution < 1.29 is 19.5 Å². The molecule has 0 spiro atoms. The van der Waals surface area contributed by atoms with Crippen molar-refractivity contribution in [3.63, 3.8) is 0 Å². The standard InChI is InChI=1S/C27H25N5O4S/c33-16-6-14-28-23(34)17-37-27-30-29-22(32(27)19-9-2-1-3-10-19)13-15-31-25(35)20-11-4-7-18-8-5-12-21(24(18)20)26(31)36/h1-5,7-12,33H,6,13-17H2,(H,28,34). The monoisotopic (exact) mass is 515 g/mol. The van der Waals surface area contributed by atoms with Gasteiger partial charge in [-0.1, -0.05) is 54.2 Å². The van der Waals surface area contributed by atoms with E-state index in [9.17, 15) is 14.4 Å². The lowest BCUT2D eigenvalue weighted by Crippen LogP contribution is -2.41. The molecule has 0 fully saturated rings. The second-order valence-corrected chi connectivity index (χ2v) is 9.45. The van der Waals surface area contributed by atoms with Crippen LogP contribution < -0.4 is 5.32 Å². The van der Waals surface area contributed by atoms with Crippen molar-refractivity contribution in [2.24, 2.45) is 0 Å². The van der Waals surface area contributed by atoms with E-state index in [0.29, 0.717) is 46.9 Å². The zero-order chi connectivity index (χ0) is 25.8. The topological polar surface area (TPSA) is 117 Å². The van der Waals surface area contributed by atoms with E-state index in [1.165, 1.54) is 16.7 Å². The number of aliphatic hydroxyl groups excluding tert-OH is 1. The van der Waals surface area contributed by atoms with Gasteiger partial charge in [-0.05, 0) is 36.1 Å². The molecule has 1 aliphatic heterocycles. The normalized spacial score (nSPS) is 12.8. The second kappa shape index (κ2) is 10.9. The first kappa shape index (κ1) is 24.7. The fourth-order valence-corrected chi connectivity index (χ4v) is 5.18. The molecule has 0 unspecified atom stereocenters. The number of nitrogens with one attached hydrogen (secondary N) is 1. The molecule has 4 aromatic rings. The summed E-state index contributed by atoms with van der Waals surface area (Å²) in [4.78, 5) is 40.0. The van der Waals surface area contributed by atoms with E-state index in [-0.39, 0.29) is 36.6 Å². The number of hydrogen-bond donors (Lipinski definition) is 2. The Kier molecular flexibility index (Phi) is 7.29. The molecule has 10 heteroatoms. The molecule has 0 aliphatic carbocycles. The number of amides is 3. The van der Waals surface area contributed by atoms with Crippen molar-refractivity contribution >= 4 is 40.3 Å². The predicted octanol–water partition coefficient (Wildman–Crippen LogP) is 2.85. The Morgan fingerprint density at radius 1 is 0.919 bits per heavy atom. The van der Waals surface area contributed by atoms with Crippen molar-refractivity contribution in [3.8, 4) is 5.69 Å². The van der Waals surface area contributed by atoms with Gasteiger partial charge in [0.15, 0.2) is 5.16 Å². The molecule has 3 amide bonds. The second-order valence-electron chi connectivity index (χ2n) is 8.51. The van der Waals surface area contributed by atoms with E-state index in [1.807, 2.05) is 59.2 Å². The van der Waals surface area contributed by atoms with Gasteiger partial charge in [0, 0.05) is 48.3 Å². The molecule has 3 aromatic carbocycles. The molecule has 2 N–H and O–H groups in total. The Morgan fingerprint density at radius 2 is 1.62 bits per heavy atom. The Labute approximate surface area is 217 Å². The molecule has 0 saturated carbocycles. The van der Waals surface area contributed by atoms with Crippen LogP contribution in [0.25, 0.3) is 16.5 Å². The first-order valence-electron chi connectivity index (χ1n) is 12.0. The summed E-state index contributed by atoms with van der Waals surface area (Å²) in [5.41, 5.74) is 1.85. The van der Waals surface area contributed by atoms with E-state index < -0.39 is 0 Å². The summed E-state index contributed by atoms with van der Waals surface area (Å²) >= 11 is 1.25. The molecule has 0 saturated heterocycles. The lowest BCUT2D eigenvalue weighted by molar-refractivity contribution is -0.118. The largest absolute Gasteiger partial charge is 0.396 e. The lowest BCUT2D eigenvalue weighted by atomic mass is 9.94. The maximum Gasteiger partial charge on any atom is 0.261 e. The highest BCUT2D eigenvalue weighted by atomic mass is 32.2. The van der Waals surface area contributed by atoms with Crippen LogP contribution in [0.4, 0.5) is 0 Å². The Bertz CT molecular complexity index is 1420. The van der Waals surface area contributed by atoms with Crippen LogP contribution in [-0.4, -0.2) is 67.9 Å². The number of thioether (sulfide) groups is 1. The summed E-state index contributed by atoms with van der Waals surface area (Å²) in [6.07, 6.45) is 0.786. The van der Waals surface area contributed by atoms with Crippen molar-refractivity contribution in [2.75, 3.05) is 25.4 Å². The maximum absolute atomic E-state index is 13.3. The van der Waals surface area contributed by atoms with Gasteiger partial charge in [-0.2, -0.15) is 0 Å². The zero-order valence-electron chi connectivity index (χ0n) is 20.0. The number of aromatic nitrogens is 3. The quantitative estimate of drug-likeness (QED) is 0.189. The molecule has 188 valence electrons. The number of rotatable bonds is 10. The average molecular weight is 516 g/mol. The van der Waals surface area contributed by atoms with Crippen molar-refractivity contribution in [1.82, 2.24) is 25.0 Å². The molecule has 1 aliphatic rings. The lowest BCUT2D eigenvalue weighted by Gasteiger charge is -2.27. The molecule has 1 aromatic heterocycles. The fraction of sp³-hybridized carbons (Fsp3) is 0.222. The first-order chi connectivity index (χ1) is 18.1. The molecule has 37 heavy (non-hydrogen) atoms. The van der Waals surface area contributed by atoms with Gasteiger partial charge in [0.1, 0.15) is 5.82 Å². The van der Waals surface area contributed by atoms with Gasteiger partial charge in [0.05, 0.1) is 5.75 Å². The van der Waals surface area contributed by atoms with Crippen LogP contribution in [0.5, 0.6) is 0 Å². The maximum atomic E-state index is 13.3. The van der Waals surface area contributed by atoms with Crippen LogP contribution >= 0.6 is 11.8 Å². The van der Waals surface area contributed by atoms with Gasteiger partial charge in [-0.15, -0.1) is 10.2 Å².